The van der Waals surface area contributed by atoms with Gasteiger partial charge < -0.3 is 15.2 Å². The van der Waals surface area contributed by atoms with Gasteiger partial charge in [-0.3, -0.25) is 9.78 Å². The van der Waals surface area contributed by atoms with Crippen molar-refractivity contribution in [3.63, 3.8) is 0 Å². The molecule has 22 heavy (non-hydrogen) atoms. The molecule has 1 saturated heterocycles. The molecule has 2 N–H and O–H groups in total. The van der Waals surface area contributed by atoms with E-state index in [1.807, 2.05) is 26.0 Å². The molecule has 1 aliphatic heterocycles. The molecule has 1 aromatic rings. The van der Waals surface area contributed by atoms with Crippen LogP contribution < -0.4 is 5.32 Å². The highest BCUT2D eigenvalue weighted by atomic mass is 16.5. The van der Waals surface area contributed by atoms with Gasteiger partial charge >= 0.3 is 0 Å². The summed E-state index contributed by atoms with van der Waals surface area (Å²) in [4.78, 5) is 16.0. The van der Waals surface area contributed by atoms with Gasteiger partial charge in [0.05, 0.1) is 12.2 Å². The first kappa shape index (κ1) is 16.9. The monoisotopic (exact) mass is 306 g/mol. The molecule has 2 heterocycles. The molecule has 2 rings (SSSR count). The molecule has 1 atom stereocenters. The fourth-order valence-corrected chi connectivity index (χ4v) is 2.69. The zero-order chi connectivity index (χ0) is 16.1. The van der Waals surface area contributed by atoms with Crippen LogP contribution in [-0.4, -0.2) is 41.4 Å². The minimum atomic E-state index is -0.871. The lowest BCUT2D eigenvalue weighted by molar-refractivity contribution is -0.151. The van der Waals surface area contributed by atoms with Crippen molar-refractivity contribution in [1.82, 2.24) is 10.3 Å². The molecule has 122 valence electrons. The van der Waals surface area contributed by atoms with E-state index in [0.29, 0.717) is 39.0 Å². The lowest BCUT2D eigenvalue weighted by Crippen LogP contribution is -2.55. The third-order valence-corrected chi connectivity index (χ3v) is 4.60. The minimum Gasteiger partial charge on any atom is -0.387 e. The van der Waals surface area contributed by atoms with Crippen LogP contribution in [0.15, 0.2) is 24.5 Å². The summed E-state index contributed by atoms with van der Waals surface area (Å²) >= 11 is 0. The van der Waals surface area contributed by atoms with Crippen molar-refractivity contribution in [3.8, 4) is 0 Å². The SMILES string of the molecule is CC(C)(CNC(=O)CCc1ccncc1)C1(O)CCCOC1. The van der Waals surface area contributed by atoms with E-state index >= 15 is 0 Å². The van der Waals surface area contributed by atoms with E-state index in [2.05, 4.69) is 10.3 Å². The summed E-state index contributed by atoms with van der Waals surface area (Å²) in [5, 5.41) is 13.7. The zero-order valence-electron chi connectivity index (χ0n) is 13.5. The van der Waals surface area contributed by atoms with E-state index < -0.39 is 11.0 Å². The van der Waals surface area contributed by atoms with Crippen LogP contribution in [0.5, 0.6) is 0 Å². The lowest BCUT2D eigenvalue weighted by atomic mass is 9.72. The molecule has 1 aromatic heterocycles. The first-order valence-electron chi connectivity index (χ1n) is 7.89. The Morgan fingerprint density at radius 3 is 2.82 bits per heavy atom. The first-order chi connectivity index (χ1) is 10.4. The van der Waals surface area contributed by atoms with Gasteiger partial charge in [0.1, 0.15) is 0 Å². The average Bonchev–Trinajstić information content (AvgIpc) is 2.52. The predicted molar refractivity (Wildman–Crippen MR) is 84.4 cm³/mol. The molecule has 1 unspecified atom stereocenters. The van der Waals surface area contributed by atoms with Gasteiger partial charge in [0.2, 0.25) is 5.91 Å². The van der Waals surface area contributed by atoms with Crippen LogP contribution >= 0.6 is 0 Å². The Morgan fingerprint density at radius 2 is 2.18 bits per heavy atom. The molecule has 0 spiro atoms. The third kappa shape index (κ3) is 4.27. The smallest absolute Gasteiger partial charge is 0.220 e. The summed E-state index contributed by atoms with van der Waals surface area (Å²) < 4.78 is 5.41. The number of nitrogens with zero attached hydrogens (tertiary/aromatic N) is 1. The van der Waals surface area contributed by atoms with Crippen LogP contribution in [0.25, 0.3) is 0 Å². The van der Waals surface area contributed by atoms with Crippen LogP contribution in [0, 0.1) is 5.41 Å². The maximum absolute atomic E-state index is 12.0. The average molecular weight is 306 g/mol. The molecule has 0 radical (unpaired) electrons. The van der Waals surface area contributed by atoms with Crippen molar-refractivity contribution in [2.75, 3.05) is 19.8 Å². The van der Waals surface area contributed by atoms with Crippen molar-refractivity contribution in [1.29, 1.82) is 0 Å². The van der Waals surface area contributed by atoms with Gasteiger partial charge in [0, 0.05) is 37.4 Å². The quantitative estimate of drug-likeness (QED) is 0.839. The number of ether oxygens (including phenoxy) is 1. The molecule has 5 nitrogen and oxygen atoms in total. The molecule has 0 aliphatic carbocycles. The maximum atomic E-state index is 12.0. The number of aryl methyl sites for hydroxylation is 1. The largest absolute Gasteiger partial charge is 0.387 e. The Morgan fingerprint density at radius 1 is 1.45 bits per heavy atom. The first-order valence-corrected chi connectivity index (χ1v) is 7.89. The number of carbonyl (C=O) groups is 1. The zero-order valence-corrected chi connectivity index (χ0v) is 13.5. The highest BCUT2D eigenvalue weighted by molar-refractivity contribution is 5.76. The van der Waals surface area contributed by atoms with Crippen LogP contribution in [-0.2, 0) is 16.0 Å². The Kier molecular flexibility index (Phi) is 5.53. The Balaban J connectivity index is 1.79. The van der Waals surface area contributed by atoms with Crippen LogP contribution in [0.4, 0.5) is 0 Å². The topological polar surface area (TPSA) is 71.5 Å². The second-order valence-electron chi connectivity index (χ2n) is 6.70. The van der Waals surface area contributed by atoms with E-state index in [1.165, 1.54) is 0 Å². The third-order valence-electron chi connectivity index (χ3n) is 4.60. The van der Waals surface area contributed by atoms with Gasteiger partial charge in [-0.2, -0.15) is 0 Å². The van der Waals surface area contributed by atoms with Gasteiger partial charge in [0.15, 0.2) is 0 Å². The molecule has 1 aliphatic rings. The molecule has 0 aromatic carbocycles. The lowest BCUT2D eigenvalue weighted by Gasteiger charge is -2.44. The fourth-order valence-electron chi connectivity index (χ4n) is 2.69. The summed E-state index contributed by atoms with van der Waals surface area (Å²) in [7, 11) is 0. The highest BCUT2D eigenvalue weighted by Gasteiger charge is 2.44. The number of aromatic nitrogens is 1. The Labute approximate surface area is 132 Å². The predicted octanol–water partition coefficient (Wildman–Crippen LogP) is 1.70. The summed E-state index contributed by atoms with van der Waals surface area (Å²) in [6.07, 6.45) is 6.17. The number of amides is 1. The molecular formula is C17H26N2O3. The molecule has 0 saturated carbocycles. The minimum absolute atomic E-state index is 0.00483. The molecular weight excluding hydrogens is 280 g/mol. The van der Waals surface area contributed by atoms with Crippen LogP contribution in [0.3, 0.4) is 0 Å². The van der Waals surface area contributed by atoms with Gasteiger partial charge in [-0.25, -0.2) is 0 Å². The molecule has 1 fully saturated rings. The highest BCUT2D eigenvalue weighted by Crippen LogP contribution is 2.36. The summed E-state index contributed by atoms with van der Waals surface area (Å²) in [6, 6.07) is 3.83. The maximum Gasteiger partial charge on any atom is 0.220 e. The number of rotatable bonds is 6. The van der Waals surface area contributed by atoms with Crippen molar-refractivity contribution in [3.05, 3.63) is 30.1 Å². The molecule has 5 heteroatoms. The number of hydrogen-bond acceptors (Lipinski definition) is 4. The summed E-state index contributed by atoms with van der Waals surface area (Å²) in [5.41, 5.74) is -0.188. The summed E-state index contributed by atoms with van der Waals surface area (Å²) in [6.45, 7) is 5.45. The van der Waals surface area contributed by atoms with Gasteiger partial charge in [-0.15, -0.1) is 0 Å². The fraction of sp³-hybridized carbons (Fsp3) is 0.647. The second kappa shape index (κ2) is 7.20. The summed E-state index contributed by atoms with van der Waals surface area (Å²) in [5.74, 6) is 0.00483. The Hall–Kier alpha value is -1.46. The van der Waals surface area contributed by atoms with E-state index in [4.69, 9.17) is 4.74 Å². The van der Waals surface area contributed by atoms with Crippen molar-refractivity contribution >= 4 is 5.91 Å². The Bertz CT molecular complexity index is 482. The van der Waals surface area contributed by atoms with Crippen LogP contribution in [0.2, 0.25) is 0 Å². The van der Waals surface area contributed by atoms with Crippen molar-refractivity contribution in [2.24, 2.45) is 5.41 Å². The molecule has 1 amide bonds. The normalized spacial score (nSPS) is 22.3. The number of carbonyl (C=O) groups excluding carboxylic acids is 1. The number of pyridine rings is 1. The van der Waals surface area contributed by atoms with Crippen LogP contribution in [0.1, 0.15) is 38.7 Å². The molecule has 0 bridgehead atoms. The van der Waals surface area contributed by atoms with E-state index in [1.54, 1.807) is 12.4 Å². The van der Waals surface area contributed by atoms with Crippen molar-refractivity contribution < 1.29 is 14.6 Å². The number of nitrogens with one attached hydrogen (secondary N) is 1. The van der Waals surface area contributed by atoms with E-state index in [0.717, 1.165) is 12.0 Å². The van der Waals surface area contributed by atoms with Gasteiger partial charge in [-0.1, -0.05) is 13.8 Å². The standard InChI is InChI=1S/C17H26N2O3/c1-16(2,17(21)8-3-11-22-13-17)12-19-15(20)5-4-14-6-9-18-10-7-14/h6-7,9-10,21H,3-5,8,11-13H2,1-2H3,(H,19,20). The number of hydrogen-bond donors (Lipinski definition) is 2. The van der Waals surface area contributed by atoms with E-state index in [9.17, 15) is 9.90 Å². The second-order valence-corrected chi connectivity index (χ2v) is 6.70. The van der Waals surface area contributed by atoms with E-state index in [-0.39, 0.29) is 5.91 Å². The van der Waals surface area contributed by atoms with Gasteiger partial charge in [-0.05, 0) is 37.0 Å². The number of aliphatic hydroxyl groups is 1. The van der Waals surface area contributed by atoms with Crippen molar-refractivity contribution in [2.45, 2.75) is 45.1 Å². The van der Waals surface area contributed by atoms with Gasteiger partial charge in [0.25, 0.3) is 0 Å².